The molecule has 18 heavy (non-hydrogen) atoms. The average molecular weight is 311 g/mol. The standard InChI is InChI=1S/C14H19BrN2O/c1-9-11(6-10(15)7-12(9)16)13(18)17-5-4-14(2,3)8-17/h6-7H,4-5,8,16H2,1-3H3. The lowest BCUT2D eigenvalue weighted by Crippen LogP contribution is -2.30. The number of nitrogens with two attached hydrogens (primary N) is 1. The summed E-state index contributed by atoms with van der Waals surface area (Å²) in [5.74, 6) is 0.0890. The molecule has 1 amide bonds. The van der Waals surface area contributed by atoms with Crippen molar-refractivity contribution in [1.29, 1.82) is 0 Å². The maximum absolute atomic E-state index is 12.5. The third-order valence-corrected chi connectivity index (χ3v) is 4.07. The molecular formula is C14H19BrN2O. The highest BCUT2D eigenvalue weighted by Crippen LogP contribution is 2.31. The Hall–Kier alpha value is -1.03. The first kappa shape index (κ1) is 13.4. The summed E-state index contributed by atoms with van der Waals surface area (Å²) in [5.41, 5.74) is 8.37. The van der Waals surface area contributed by atoms with Crippen LogP contribution in [0.25, 0.3) is 0 Å². The molecule has 0 spiro atoms. The molecule has 98 valence electrons. The van der Waals surface area contributed by atoms with Crippen molar-refractivity contribution in [3.8, 4) is 0 Å². The van der Waals surface area contributed by atoms with E-state index in [0.29, 0.717) is 11.3 Å². The fraction of sp³-hybridized carbons (Fsp3) is 0.500. The Morgan fingerprint density at radius 3 is 2.67 bits per heavy atom. The average Bonchev–Trinajstić information content (AvgIpc) is 2.63. The molecule has 0 aromatic heterocycles. The lowest BCUT2D eigenvalue weighted by atomic mass is 9.93. The van der Waals surface area contributed by atoms with Crippen molar-refractivity contribution in [1.82, 2.24) is 4.90 Å². The molecule has 2 N–H and O–H groups in total. The molecule has 1 aromatic carbocycles. The van der Waals surface area contributed by atoms with E-state index in [0.717, 1.165) is 29.5 Å². The van der Waals surface area contributed by atoms with E-state index in [4.69, 9.17) is 5.73 Å². The van der Waals surface area contributed by atoms with Gasteiger partial charge in [-0.25, -0.2) is 0 Å². The van der Waals surface area contributed by atoms with Crippen LogP contribution in [0.4, 0.5) is 5.69 Å². The molecule has 1 fully saturated rings. The molecule has 2 rings (SSSR count). The van der Waals surface area contributed by atoms with Gasteiger partial charge >= 0.3 is 0 Å². The smallest absolute Gasteiger partial charge is 0.254 e. The maximum Gasteiger partial charge on any atom is 0.254 e. The predicted molar refractivity (Wildman–Crippen MR) is 77.6 cm³/mol. The fourth-order valence-electron chi connectivity index (χ4n) is 2.38. The van der Waals surface area contributed by atoms with Gasteiger partial charge in [-0.3, -0.25) is 4.79 Å². The first-order valence-corrected chi connectivity index (χ1v) is 6.94. The van der Waals surface area contributed by atoms with Crippen LogP contribution in [0.1, 0.15) is 36.2 Å². The van der Waals surface area contributed by atoms with E-state index in [1.54, 1.807) is 0 Å². The molecule has 1 saturated heterocycles. The van der Waals surface area contributed by atoms with Crippen LogP contribution in [-0.4, -0.2) is 23.9 Å². The van der Waals surface area contributed by atoms with E-state index < -0.39 is 0 Å². The Morgan fingerprint density at radius 2 is 2.11 bits per heavy atom. The third kappa shape index (κ3) is 2.53. The van der Waals surface area contributed by atoms with Crippen molar-refractivity contribution in [2.45, 2.75) is 27.2 Å². The number of likely N-dealkylation sites (tertiary alicyclic amines) is 1. The van der Waals surface area contributed by atoms with Crippen LogP contribution < -0.4 is 5.73 Å². The number of benzene rings is 1. The van der Waals surface area contributed by atoms with Gasteiger partial charge in [0, 0.05) is 28.8 Å². The Balaban J connectivity index is 2.30. The van der Waals surface area contributed by atoms with Gasteiger partial charge in [0.1, 0.15) is 0 Å². The SMILES string of the molecule is Cc1c(N)cc(Br)cc1C(=O)N1CCC(C)(C)C1. The molecule has 0 saturated carbocycles. The number of nitrogen functional groups attached to an aromatic ring is 1. The zero-order valence-corrected chi connectivity index (χ0v) is 12.7. The Labute approximate surface area is 116 Å². The summed E-state index contributed by atoms with van der Waals surface area (Å²) < 4.78 is 0.854. The van der Waals surface area contributed by atoms with Crippen molar-refractivity contribution < 1.29 is 4.79 Å². The van der Waals surface area contributed by atoms with Gasteiger partial charge < -0.3 is 10.6 Å². The van der Waals surface area contributed by atoms with Crippen LogP contribution in [0.5, 0.6) is 0 Å². The second kappa shape index (κ2) is 4.57. The van der Waals surface area contributed by atoms with Gasteiger partial charge in [-0.1, -0.05) is 29.8 Å². The Morgan fingerprint density at radius 1 is 1.44 bits per heavy atom. The molecule has 1 heterocycles. The van der Waals surface area contributed by atoms with E-state index in [9.17, 15) is 4.79 Å². The van der Waals surface area contributed by atoms with Crippen LogP contribution in [0.15, 0.2) is 16.6 Å². The molecule has 1 aliphatic rings. The molecule has 0 unspecified atom stereocenters. The highest BCUT2D eigenvalue weighted by molar-refractivity contribution is 9.10. The number of halogens is 1. The van der Waals surface area contributed by atoms with E-state index in [-0.39, 0.29) is 11.3 Å². The van der Waals surface area contributed by atoms with Crippen molar-refractivity contribution in [2.24, 2.45) is 5.41 Å². The molecule has 1 aliphatic heterocycles. The Bertz CT molecular complexity index is 497. The summed E-state index contributed by atoms with van der Waals surface area (Å²) in [6.07, 6.45) is 1.06. The number of carbonyl (C=O) groups is 1. The largest absolute Gasteiger partial charge is 0.398 e. The topological polar surface area (TPSA) is 46.3 Å². The van der Waals surface area contributed by atoms with Crippen LogP contribution >= 0.6 is 15.9 Å². The number of hydrogen-bond acceptors (Lipinski definition) is 2. The molecule has 1 aromatic rings. The zero-order valence-electron chi connectivity index (χ0n) is 11.1. The fourth-order valence-corrected chi connectivity index (χ4v) is 2.85. The first-order chi connectivity index (χ1) is 8.30. The second-order valence-electron chi connectivity index (χ2n) is 5.81. The van der Waals surface area contributed by atoms with Gasteiger partial charge in [0.25, 0.3) is 5.91 Å². The minimum atomic E-state index is 0.0890. The van der Waals surface area contributed by atoms with Crippen molar-refractivity contribution in [3.63, 3.8) is 0 Å². The van der Waals surface area contributed by atoms with Gasteiger partial charge in [-0.05, 0) is 36.5 Å². The monoisotopic (exact) mass is 310 g/mol. The van der Waals surface area contributed by atoms with Crippen LogP contribution in [-0.2, 0) is 0 Å². The lowest BCUT2D eigenvalue weighted by Gasteiger charge is -2.21. The molecule has 0 radical (unpaired) electrons. The number of nitrogens with zero attached hydrogens (tertiary/aromatic N) is 1. The molecule has 0 bridgehead atoms. The summed E-state index contributed by atoms with van der Waals surface area (Å²) in [6.45, 7) is 7.94. The van der Waals surface area contributed by atoms with E-state index in [2.05, 4.69) is 29.8 Å². The minimum Gasteiger partial charge on any atom is -0.398 e. The quantitative estimate of drug-likeness (QED) is 0.810. The third-order valence-electron chi connectivity index (χ3n) is 3.61. The number of carbonyl (C=O) groups excluding carboxylic acids is 1. The van der Waals surface area contributed by atoms with Crippen LogP contribution in [0.3, 0.4) is 0 Å². The van der Waals surface area contributed by atoms with Crippen molar-refractivity contribution >= 4 is 27.5 Å². The van der Waals surface area contributed by atoms with Gasteiger partial charge in [-0.15, -0.1) is 0 Å². The van der Waals surface area contributed by atoms with Gasteiger partial charge in [0.05, 0.1) is 0 Å². The summed E-state index contributed by atoms with van der Waals surface area (Å²) in [7, 11) is 0. The van der Waals surface area contributed by atoms with Crippen LogP contribution in [0.2, 0.25) is 0 Å². The summed E-state index contributed by atoms with van der Waals surface area (Å²) >= 11 is 3.40. The van der Waals surface area contributed by atoms with E-state index >= 15 is 0 Å². The normalized spacial score (nSPS) is 18.1. The maximum atomic E-state index is 12.5. The highest BCUT2D eigenvalue weighted by atomic mass is 79.9. The summed E-state index contributed by atoms with van der Waals surface area (Å²) in [5, 5.41) is 0. The van der Waals surface area contributed by atoms with E-state index in [1.807, 2.05) is 24.0 Å². The summed E-state index contributed by atoms with van der Waals surface area (Å²) in [4.78, 5) is 14.4. The minimum absolute atomic E-state index is 0.0890. The Kier molecular flexibility index (Phi) is 3.41. The number of hydrogen-bond donors (Lipinski definition) is 1. The molecular weight excluding hydrogens is 292 g/mol. The first-order valence-electron chi connectivity index (χ1n) is 6.15. The number of rotatable bonds is 1. The zero-order chi connectivity index (χ0) is 13.5. The van der Waals surface area contributed by atoms with Gasteiger partial charge in [-0.2, -0.15) is 0 Å². The molecule has 3 nitrogen and oxygen atoms in total. The molecule has 4 heteroatoms. The predicted octanol–water partition coefficient (Wildman–Crippen LogP) is 3.21. The van der Waals surface area contributed by atoms with Crippen molar-refractivity contribution in [2.75, 3.05) is 18.8 Å². The molecule has 0 atom stereocenters. The van der Waals surface area contributed by atoms with Crippen molar-refractivity contribution in [3.05, 3.63) is 27.7 Å². The van der Waals surface area contributed by atoms with Gasteiger partial charge in [0.2, 0.25) is 0 Å². The second-order valence-corrected chi connectivity index (χ2v) is 6.72. The van der Waals surface area contributed by atoms with E-state index in [1.165, 1.54) is 0 Å². The van der Waals surface area contributed by atoms with Gasteiger partial charge in [0.15, 0.2) is 0 Å². The molecule has 0 aliphatic carbocycles. The highest BCUT2D eigenvalue weighted by Gasteiger charge is 2.33. The number of anilines is 1. The lowest BCUT2D eigenvalue weighted by molar-refractivity contribution is 0.0777. The number of amides is 1. The summed E-state index contributed by atoms with van der Waals surface area (Å²) in [6, 6.07) is 3.69. The van der Waals surface area contributed by atoms with Crippen LogP contribution in [0, 0.1) is 12.3 Å².